The Morgan fingerprint density at radius 3 is 2.74 bits per heavy atom. The highest BCUT2D eigenvalue weighted by Crippen LogP contribution is 2.28. The van der Waals surface area contributed by atoms with Crippen LogP contribution in [0.5, 0.6) is 0 Å². The summed E-state index contributed by atoms with van der Waals surface area (Å²) in [6, 6.07) is 16.1. The van der Waals surface area contributed by atoms with Gasteiger partial charge in [0.15, 0.2) is 0 Å². The fraction of sp³-hybridized carbons (Fsp3) is 0.280. The van der Waals surface area contributed by atoms with Crippen molar-refractivity contribution in [2.45, 2.75) is 38.1 Å². The van der Waals surface area contributed by atoms with Gasteiger partial charge in [-0.15, -0.1) is 0 Å². The first-order valence-corrected chi connectivity index (χ1v) is 10.6. The maximum atomic E-state index is 13.1. The Balaban J connectivity index is 1.46. The van der Waals surface area contributed by atoms with E-state index in [4.69, 9.17) is 0 Å². The average molecular weight is 418 g/mol. The molecule has 6 nitrogen and oxygen atoms in total. The van der Waals surface area contributed by atoms with E-state index in [0.29, 0.717) is 13.0 Å². The molecule has 2 amide bonds. The Hall–Kier alpha value is -3.54. The molecule has 6 heteroatoms. The predicted octanol–water partition coefficient (Wildman–Crippen LogP) is 4.27. The molecule has 0 bridgehead atoms. The molecule has 4 rings (SSSR count). The van der Waals surface area contributed by atoms with E-state index < -0.39 is 11.6 Å². The van der Waals surface area contributed by atoms with Crippen LogP contribution in [-0.4, -0.2) is 34.2 Å². The lowest BCUT2D eigenvalue weighted by atomic mass is 9.89. The zero-order valence-electron chi connectivity index (χ0n) is 17.6. The van der Waals surface area contributed by atoms with Crippen molar-refractivity contribution in [2.24, 2.45) is 0 Å². The maximum Gasteiger partial charge on any atom is 0.405 e. The smallest absolute Gasteiger partial charge is 0.405 e. The second-order valence-electron chi connectivity index (χ2n) is 8.23. The van der Waals surface area contributed by atoms with E-state index in [0.717, 1.165) is 29.3 Å². The van der Waals surface area contributed by atoms with Crippen LogP contribution in [0.4, 0.5) is 4.79 Å². The van der Waals surface area contributed by atoms with Crippen LogP contribution in [0.2, 0.25) is 0 Å². The fourth-order valence-corrected chi connectivity index (χ4v) is 4.38. The Morgan fingerprint density at radius 2 is 1.90 bits per heavy atom. The number of hydrogen-bond acceptors (Lipinski definition) is 2. The number of allylic oxidation sites excluding steroid dienone is 1. The van der Waals surface area contributed by atoms with Gasteiger partial charge in [-0.05, 0) is 54.5 Å². The molecule has 1 aliphatic carbocycles. The molecular weight excluding hydrogens is 390 g/mol. The number of nitrogens with one attached hydrogen (secondary N) is 3. The number of aromatic nitrogens is 1. The molecule has 1 aliphatic rings. The summed E-state index contributed by atoms with van der Waals surface area (Å²) in [5, 5.41) is 15.7. The number of aromatic amines is 1. The van der Waals surface area contributed by atoms with Gasteiger partial charge in [0.1, 0.15) is 5.54 Å². The number of fused-ring (bicyclic) bond motifs is 2. The Labute approximate surface area is 181 Å². The summed E-state index contributed by atoms with van der Waals surface area (Å²) >= 11 is 0. The van der Waals surface area contributed by atoms with E-state index in [1.807, 2.05) is 36.5 Å². The summed E-state index contributed by atoms with van der Waals surface area (Å²) in [5.41, 5.74) is 4.38. The van der Waals surface area contributed by atoms with Gasteiger partial charge in [-0.3, -0.25) is 4.79 Å². The molecule has 0 saturated carbocycles. The summed E-state index contributed by atoms with van der Waals surface area (Å²) in [6.07, 6.45) is 5.84. The summed E-state index contributed by atoms with van der Waals surface area (Å²) in [7, 11) is 0. The number of carbonyl (C=O) groups is 2. The van der Waals surface area contributed by atoms with E-state index in [2.05, 4.69) is 39.9 Å². The third-order valence-corrected chi connectivity index (χ3v) is 5.95. The number of H-pyrrole nitrogens is 1. The van der Waals surface area contributed by atoms with Crippen molar-refractivity contribution in [1.82, 2.24) is 15.6 Å². The molecule has 0 aliphatic heterocycles. The van der Waals surface area contributed by atoms with Gasteiger partial charge in [-0.25, -0.2) is 4.79 Å². The molecule has 1 heterocycles. The van der Waals surface area contributed by atoms with Gasteiger partial charge in [-0.2, -0.15) is 0 Å². The van der Waals surface area contributed by atoms with Gasteiger partial charge < -0.3 is 20.7 Å². The molecular formula is C25H27N3O3. The molecule has 1 aromatic heterocycles. The maximum absolute atomic E-state index is 13.1. The molecule has 1 atom stereocenters. The third-order valence-electron chi connectivity index (χ3n) is 5.95. The zero-order valence-corrected chi connectivity index (χ0v) is 17.6. The average Bonchev–Trinajstić information content (AvgIpc) is 3.16. The summed E-state index contributed by atoms with van der Waals surface area (Å²) < 4.78 is 0. The number of para-hydroxylation sites is 1. The fourth-order valence-electron chi connectivity index (χ4n) is 4.38. The van der Waals surface area contributed by atoms with Crippen molar-refractivity contribution in [3.8, 4) is 0 Å². The Kier molecular flexibility index (Phi) is 5.80. The number of aryl methyl sites for hydroxylation is 1. The molecule has 160 valence electrons. The van der Waals surface area contributed by atoms with Gasteiger partial charge in [-0.1, -0.05) is 48.5 Å². The normalized spacial score (nSPS) is 14.9. The molecule has 4 N–H and O–H groups in total. The highest BCUT2D eigenvalue weighted by Gasteiger charge is 2.35. The van der Waals surface area contributed by atoms with Gasteiger partial charge >= 0.3 is 6.09 Å². The Morgan fingerprint density at radius 1 is 1.13 bits per heavy atom. The van der Waals surface area contributed by atoms with E-state index in [-0.39, 0.29) is 12.3 Å². The van der Waals surface area contributed by atoms with Crippen LogP contribution in [0, 0.1) is 0 Å². The van der Waals surface area contributed by atoms with Crippen LogP contribution in [0.25, 0.3) is 16.5 Å². The molecule has 1 unspecified atom stereocenters. The quantitative estimate of drug-likeness (QED) is 0.462. The van der Waals surface area contributed by atoms with Crippen molar-refractivity contribution >= 4 is 28.5 Å². The molecule has 0 radical (unpaired) electrons. The third kappa shape index (κ3) is 4.48. The van der Waals surface area contributed by atoms with Crippen molar-refractivity contribution in [3.05, 3.63) is 77.5 Å². The number of carboxylic acid groups (broad SMARTS) is 1. The minimum absolute atomic E-state index is 0.251. The topological polar surface area (TPSA) is 94.2 Å². The van der Waals surface area contributed by atoms with E-state index in [1.165, 1.54) is 16.7 Å². The first kappa shape index (κ1) is 20.7. The highest BCUT2D eigenvalue weighted by atomic mass is 16.4. The molecule has 31 heavy (non-hydrogen) atoms. The molecule has 2 aromatic carbocycles. The molecule has 3 aromatic rings. The predicted molar refractivity (Wildman–Crippen MR) is 122 cm³/mol. The van der Waals surface area contributed by atoms with Crippen molar-refractivity contribution in [1.29, 1.82) is 0 Å². The Bertz CT molecular complexity index is 1150. The van der Waals surface area contributed by atoms with Crippen LogP contribution >= 0.6 is 0 Å². The minimum atomic E-state index is -1.28. The monoisotopic (exact) mass is 417 g/mol. The van der Waals surface area contributed by atoms with Gasteiger partial charge in [0.05, 0.1) is 0 Å². The van der Waals surface area contributed by atoms with Crippen LogP contribution in [-0.2, 0) is 17.6 Å². The SMILES string of the molecule is CC(Cc1c[nH]c2ccccc12)(NC(=O)O)C(=O)NCCC1=CCCc2ccccc21. The lowest BCUT2D eigenvalue weighted by Crippen LogP contribution is -2.58. The summed E-state index contributed by atoms with van der Waals surface area (Å²) in [4.78, 5) is 27.7. The second-order valence-corrected chi connectivity index (χ2v) is 8.23. The standard InChI is InChI=1S/C25H27N3O3/c1-25(28-24(30)31,15-19-16-27-22-12-5-4-11-21(19)22)23(29)26-14-13-18-9-6-8-17-7-2-3-10-20(17)18/h2-5,7,9-12,16,27-28H,6,8,13-15H2,1H3,(H,26,29)(H,30,31). The molecule has 0 fully saturated rings. The van der Waals surface area contributed by atoms with Crippen molar-refractivity contribution in [2.75, 3.05) is 6.54 Å². The van der Waals surface area contributed by atoms with Crippen molar-refractivity contribution in [3.63, 3.8) is 0 Å². The summed E-state index contributed by atoms with van der Waals surface area (Å²) in [6.45, 7) is 2.08. The first-order chi connectivity index (χ1) is 15.0. The second kappa shape index (κ2) is 8.68. The van der Waals surface area contributed by atoms with Gasteiger partial charge in [0.2, 0.25) is 5.91 Å². The van der Waals surface area contributed by atoms with Crippen molar-refractivity contribution < 1.29 is 14.7 Å². The first-order valence-electron chi connectivity index (χ1n) is 10.6. The van der Waals surface area contributed by atoms with Crippen LogP contribution in [0.3, 0.4) is 0 Å². The number of carbonyl (C=O) groups excluding carboxylic acids is 1. The zero-order chi connectivity index (χ0) is 21.8. The summed E-state index contributed by atoms with van der Waals surface area (Å²) in [5.74, 6) is -0.329. The number of amides is 2. The lowest BCUT2D eigenvalue weighted by molar-refractivity contribution is -0.126. The van der Waals surface area contributed by atoms with Crippen LogP contribution in [0.1, 0.15) is 36.5 Å². The molecule has 0 saturated heterocycles. The van der Waals surface area contributed by atoms with E-state index in [1.54, 1.807) is 6.92 Å². The van der Waals surface area contributed by atoms with E-state index >= 15 is 0 Å². The lowest BCUT2D eigenvalue weighted by Gasteiger charge is -2.28. The molecule has 0 spiro atoms. The minimum Gasteiger partial charge on any atom is -0.465 e. The number of benzene rings is 2. The number of rotatable bonds is 7. The van der Waals surface area contributed by atoms with Gasteiger partial charge in [0.25, 0.3) is 0 Å². The largest absolute Gasteiger partial charge is 0.465 e. The van der Waals surface area contributed by atoms with Gasteiger partial charge in [0, 0.05) is 30.1 Å². The van der Waals surface area contributed by atoms with Crippen LogP contribution in [0.15, 0.2) is 60.8 Å². The number of hydrogen-bond donors (Lipinski definition) is 4. The van der Waals surface area contributed by atoms with E-state index in [9.17, 15) is 14.7 Å². The van der Waals surface area contributed by atoms with Crippen LogP contribution < -0.4 is 10.6 Å². The highest BCUT2D eigenvalue weighted by molar-refractivity contribution is 5.91.